The highest BCUT2D eigenvalue weighted by molar-refractivity contribution is 6.22. The molecule has 0 spiro atoms. The first-order valence-electron chi connectivity index (χ1n) is 10.3. The first-order valence-corrected chi connectivity index (χ1v) is 10.3. The quantitative estimate of drug-likeness (QED) is 0.579. The van der Waals surface area contributed by atoms with E-state index in [0.717, 1.165) is 11.3 Å². The molecule has 0 atom stereocenters. The van der Waals surface area contributed by atoms with Crippen LogP contribution in [0.2, 0.25) is 0 Å². The van der Waals surface area contributed by atoms with Gasteiger partial charge in [0.1, 0.15) is 23.1 Å². The minimum atomic E-state index is -0.542. The van der Waals surface area contributed by atoms with E-state index in [9.17, 15) is 19.6 Å². The van der Waals surface area contributed by atoms with E-state index in [1.807, 2.05) is 30.3 Å². The molecule has 0 radical (unpaired) electrons. The summed E-state index contributed by atoms with van der Waals surface area (Å²) in [5.74, 6) is -0.0577. The summed E-state index contributed by atoms with van der Waals surface area (Å²) in [5.41, 5.74) is 2.48. The molecule has 1 N–H and O–H groups in total. The number of aryl methyl sites for hydroxylation is 1. The normalized spacial score (nSPS) is 12.5. The Morgan fingerprint density at radius 3 is 2.45 bits per heavy atom. The third-order valence-corrected chi connectivity index (χ3v) is 5.74. The van der Waals surface area contributed by atoms with Gasteiger partial charge in [0.25, 0.3) is 17.7 Å². The van der Waals surface area contributed by atoms with Crippen molar-refractivity contribution in [1.82, 2.24) is 4.90 Å². The Morgan fingerprint density at radius 1 is 1.09 bits per heavy atom. The monoisotopic (exact) mass is 443 g/mol. The Labute approximate surface area is 190 Å². The Balaban J connectivity index is 1.50. The van der Waals surface area contributed by atoms with Crippen LogP contribution in [0.5, 0.6) is 5.75 Å². The smallest absolute Gasteiger partial charge is 0.261 e. The summed E-state index contributed by atoms with van der Waals surface area (Å²) in [6.07, 6.45) is 0.497. The molecule has 8 heteroatoms. The van der Waals surface area contributed by atoms with Crippen molar-refractivity contribution in [3.05, 3.63) is 81.6 Å². The number of carbonyl (C=O) groups excluding carboxylic acids is 3. The van der Waals surface area contributed by atoms with Gasteiger partial charge in [0.05, 0.1) is 18.2 Å². The summed E-state index contributed by atoms with van der Waals surface area (Å²) < 4.78 is 10.6. The fraction of sp³-hybridized carbons (Fsp3) is 0.200. The second kappa shape index (κ2) is 8.63. The molecule has 166 valence electrons. The average Bonchev–Trinajstić information content (AvgIpc) is 3.23. The van der Waals surface area contributed by atoms with Crippen LogP contribution >= 0.6 is 0 Å². The molecule has 0 fully saturated rings. The topological polar surface area (TPSA) is 113 Å². The lowest BCUT2D eigenvalue weighted by molar-refractivity contribution is 0.0656. The molecule has 3 aromatic rings. The van der Waals surface area contributed by atoms with Crippen molar-refractivity contribution in [2.75, 3.05) is 19.0 Å². The van der Waals surface area contributed by atoms with Crippen molar-refractivity contribution < 1.29 is 23.5 Å². The number of amides is 3. The van der Waals surface area contributed by atoms with Crippen LogP contribution in [-0.2, 0) is 6.42 Å². The second-order valence-corrected chi connectivity index (χ2v) is 7.67. The highest BCUT2D eigenvalue weighted by Gasteiger charge is 2.35. The lowest BCUT2D eigenvalue weighted by atomic mass is 10.1. The number of fused-ring (bicyclic) bond motifs is 1. The molecule has 2 heterocycles. The number of hydrogen-bond donors (Lipinski definition) is 1. The van der Waals surface area contributed by atoms with Crippen LogP contribution in [0.1, 0.15) is 53.5 Å². The van der Waals surface area contributed by atoms with Crippen LogP contribution in [0.25, 0.3) is 0 Å². The number of methoxy groups -OCH3 is 1. The zero-order chi connectivity index (χ0) is 23.7. The van der Waals surface area contributed by atoms with Crippen molar-refractivity contribution in [3.63, 3.8) is 0 Å². The zero-order valence-electron chi connectivity index (χ0n) is 18.4. The van der Waals surface area contributed by atoms with Crippen LogP contribution in [0.4, 0.5) is 5.88 Å². The fourth-order valence-corrected chi connectivity index (χ4v) is 3.69. The Morgan fingerprint density at radius 2 is 1.79 bits per heavy atom. The number of imide groups is 1. The maximum Gasteiger partial charge on any atom is 0.261 e. The van der Waals surface area contributed by atoms with Gasteiger partial charge in [0.2, 0.25) is 5.88 Å². The molecule has 0 saturated carbocycles. The summed E-state index contributed by atoms with van der Waals surface area (Å²) in [4.78, 5) is 39.6. The van der Waals surface area contributed by atoms with E-state index in [1.165, 1.54) is 23.1 Å². The van der Waals surface area contributed by atoms with Crippen molar-refractivity contribution in [2.24, 2.45) is 0 Å². The molecular weight excluding hydrogens is 422 g/mol. The SMILES string of the molecule is COc1ccc(CCN2C(=O)c3ccc(C(=O)Nc4oc(C)c(C)c4C#N)cc3C2=O)cc1. The summed E-state index contributed by atoms with van der Waals surface area (Å²) in [6, 6.07) is 13.8. The zero-order valence-corrected chi connectivity index (χ0v) is 18.4. The third kappa shape index (κ3) is 3.96. The maximum atomic E-state index is 12.9. The predicted molar refractivity (Wildman–Crippen MR) is 119 cm³/mol. The molecule has 33 heavy (non-hydrogen) atoms. The first-order chi connectivity index (χ1) is 15.8. The van der Waals surface area contributed by atoms with Crippen molar-refractivity contribution in [2.45, 2.75) is 20.3 Å². The molecule has 4 rings (SSSR count). The van der Waals surface area contributed by atoms with E-state index in [1.54, 1.807) is 21.0 Å². The van der Waals surface area contributed by atoms with E-state index in [0.29, 0.717) is 17.7 Å². The summed E-state index contributed by atoms with van der Waals surface area (Å²) in [7, 11) is 1.58. The predicted octanol–water partition coefficient (Wildman–Crippen LogP) is 3.87. The molecule has 1 aromatic heterocycles. The molecular formula is C25H21N3O5. The number of carbonyl (C=O) groups is 3. The molecule has 8 nitrogen and oxygen atoms in total. The molecule has 0 saturated heterocycles. The number of ether oxygens (including phenoxy) is 1. The lowest BCUT2D eigenvalue weighted by Gasteiger charge is -2.13. The average molecular weight is 443 g/mol. The molecule has 3 amide bonds. The molecule has 0 unspecified atom stereocenters. The van der Waals surface area contributed by atoms with Crippen molar-refractivity contribution in [1.29, 1.82) is 5.26 Å². The van der Waals surface area contributed by atoms with Gasteiger partial charge in [-0.2, -0.15) is 5.26 Å². The Kier molecular flexibility index (Phi) is 5.71. The molecule has 0 bridgehead atoms. The highest BCUT2D eigenvalue weighted by atomic mass is 16.5. The van der Waals surface area contributed by atoms with E-state index in [2.05, 4.69) is 5.32 Å². The number of nitrogens with zero attached hydrogens (tertiary/aromatic N) is 2. The third-order valence-electron chi connectivity index (χ3n) is 5.74. The Bertz CT molecular complexity index is 1320. The molecule has 0 aliphatic carbocycles. The van der Waals surface area contributed by atoms with Gasteiger partial charge in [-0.25, -0.2) is 0 Å². The number of anilines is 1. The van der Waals surface area contributed by atoms with Gasteiger partial charge in [0.15, 0.2) is 0 Å². The summed E-state index contributed by atoms with van der Waals surface area (Å²) >= 11 is 0. The number of nitriles is 1. The molecule has 1 aliphatic rings. The van der Waals surface area contributed by atoms with Gasteiger partial charge in [-0.3, -0.25) is 24.6 Å². The van der Waals surface area contributed by atoms with E-state index in [4.69, 9.17) is 9.15 Å². The minimum Gasteiger partial charge on any atom is -0.497 e. The number of rotatable bonds is 6. The standard InChI is InChI=1S/C25H21N3O5/c1-14-15(2)33-23(21(14)13-26)27-22(29)17-6-9-19-20(12-17)25(31)28(24(19)30)11-10-16-4-7-18(32-3)8-5-16/h4-9,12H,10-11H2,1-3H3,(H,27,29). The van der Waals surface area contributed by atoms with Gasteiger partial charge in [-0.05, 0) is 56.2 Å². The van der Waals surface area contributed by atoms with Gasteiger partial charge >= 0.3 is 0 Å². The number of benzene rings is 2. The second-order valence-electron chi connectivity index (χ2n) is 7.67. The van der Waals surface area contributed by atoms with E-state index in [-0.39, 0.29) is 40.6 Å². The molecule has 2 aromatic carbocycles. The maximum absolute atomic E-state index is 12.9. The van der Waals surface area contributed by atoms with Crippen LogP contribution in [0.15, 0.2) is 46.9 Å². The van der Waals surface area contributed by atoms with Crippen molar-refractivity contribution in [3.8, 4) is 11.8 Å². The summed E-state index contributed by atoms with van der Waals surface area (Å²) in [6.45, 7) is 3.65. The van der Waals surface area contributed by atoms with E-state index < -0.39 is 11.8 Å². The lowest BCUT2D eigenvalue weighted by Crippen LogP contribution is -2.31. The van der Waals surface area contributed by atoms with Gasteiger partial charge in [-0.1, -0.05) is 12.1 Å². The first kappa shape index (κ1) is 21.8. The largest absolute Gasteiger partial charge is 0.497 e. The number of nitrogens with one attached hydrogen (secondary N) is 1. The van der Waals surface area contributed by atoms with Crippen molar-refractivity contribution >= 4 is 23.6 Å². The number of furan rings is 1. The van der Waals surface area contributed by atoms with Crippen LogP contribution < -0.4 is 10.1 Å². The fourth-order valence-electron chi connectivity index (χ4n) is 3.69. The minimum absolute atomic E-state index is 0.0570. The van der Waals surface area contributed by atoms with Crippen LogP contribution in [0, 0.1) is 25.2 Å². The Hall–Kier alpha value is -4.38. The van der Waals surface area contributed by atoms with Gasteiger partial charge in [-0.15, -0.1) is 0 Å². The van der Waals surface area contributed by atoms with Gasteiger partial charge < -0.3 is 9.15 Å². The number of hydrogen-bond acceptors (Lipinski definition) is 6. The van der Waals surface area contributed by atoms with Crippen LogP contribution in [-0.4, -0.2) is 36.3 Å². The van der Waals surface area contributed by atoms with E-state index >= 15 is 0 Å². The summed E-state index contributed by atoms with van der Waals surface area (Å²) in [5, 5.41) is 11.9. The highest BCUT2D eigenvalue weighted by Crippen LogP contribution is 2.28. The van der Waals surface area contributed by atoms with Gasteiger partial charge in [0, 0.05) is 17.7 Å². The van der Waals surface area contributed by atoms with Crippen LogP contribution in [0.3, 0.4) is 0 Å². The molecule has 1 aliphatic heterocycles.